The third-order valence-corrected chi connectivity index (χ3v) is 4.91. The van der Waals surface area contributed by atoms with Crippen LogP contribution in [0.25, 0.3) is 0 Å². The fraction of sp³-hybridized carbons (Fsp3) is 0.381. The van der Waals surface area contributed by atoms with Crippen LogP contribution >= 0.6 is 0 Å². The van der Waals surface area contributed by atoms with Gasteiger partial charge in [-0.1, -0.05) is 31.2 Å². The second-order valence-electron chi connectivity index (χ2n) is 6.63. The minimum Gasteiger partial charge on any atom is -0.497 e. The zero-order chi connectivity index (χ0) is 18.5. The summed E-state index contributed by atoms with van der Waals surface area (Å²) in [5.74, 6) is 2.12. The lowest BCUT2D eigenvalue weighted by atomic mass is 9.91. The minimum absolute atomic E-state index is 0.00669. The summed E-state index contributed by atoms with van der Waals surface area (Å²) in [6.45, 7) is 3.91. The molecule has 3 rings (SSSR count). The van der Waals surface area contributed by atoms with Gasteiger partial charge in [-0.15, -0.1) is 0 Å². The third kappa shape index (κ3) is 3.93. The second kappa shape index (κ2) is 8.13. The van der Waals surface area contributed by atoms with Crippen molar-refractivity contribution in [1.82, 2.24) is 5.32 Å². The van der Waals surface area contributed by atoms with Crippen LogP contribution in [-0.4, -0.2) is 33.2 Å². The molecule has 26 heavy (non-hydrogen) atoms. The van der Waals surface area contributed by atoms with Gasteiger partial charge in [-0.2, -0.15) is 0 Å². The van der Waals surface area contributed by atoms with Crippen LogP contribution in [0.2, 0.25) is 0 Å². The van der Waals surface area contributed by atoms with E-state index in [2.05, 4.69) is 23.2 Å². The Labute approximate surface area is 154 Å². The quantitative estimate of drug-likeness (QED) is 0.864. The van der Waals surface area contributed by atoms with Crippen molar-refractivity contribution >= 4 is 11.6 Å². The van der Waals surface area contributed by atoms with Gasteiger partial charge < -0.3 is 19.7 Å². The number of fused-ring (bicyclic) bond motifs is 1. The van der Waals surface area contributed by atoms with Crippen molar-refractivity contribution in [3.63, 3.8) is 0 Å². The first-order chi connectivity index (χ1) is 12.6. The molecule has 1 N–H and O–H groups in total. The summed E-state index contributed by atoms with van der Waals surface area (Å²) in [5, 5.41) is 3.00. The van der Waals surface area contributed by atoms with Gasteiger partial charge in [0.25, 0.3) is 0 Å². The molecule has 1 aliphatic heterocycles. The molecule has 2 aromatic carbocycles. The van der Waals surface area contributed by atoms with Crippen molar-refractivity contribution in [1.29, 1.82) is 0 Å². The maximum absolute atomic E-state index is 12.5. The molecule has 1 amide bonds. The molecule has 1 atom stereocenters. The molecule has 0 saturated heterocycles. The highest BCUT2D eigenvalue weighted by atomic mass is 16.5. The van der Waals surface area contributed by atoms with E-state index in [0.717, 1.165) is 35.7 Å². The van der Waals surface area contributed by atoms with Gasteiger partial charge >= 0.3 is 0 Å². The lowest BCUT2D eigenvalue weighted by molar-refractivity contribution is -0.119. The zero-order valence-corrected chi connectivity index (χ0v) is 15.6. The highest BCUT2D eigenvalue weighted by Crippen LogP contribution is 2.41. The molecule has 0 aliphatic carbocycles. The van der Waals surface area contributed by atoms with E-state index < -0.39 is 0 Å². The second-order valence-corrected chi connectivity index (χ2v) is 6.63. The van der Waals surface area contributed by atoms with Gasteiger partial charge in [0.15, 0.2) is 0 Å². The Kier molecular flexibility index (Phi) is 5.66. The summed E-state index contributed by atoms with van der Waals surface area (Å²) in [6.07, 6.45) is 1.03. The highest BCUT2D eigenvalue weighted by Gasteiger charge is 2.26. The van der Waals surface area contributed by atoms with E-state index in [0.29, 0.717) is 19.0 Å². The fourth-order valence-electron chi connectivity index (χ4n) is 3.39. The molecule has 0 spiro atoms. The van der Waals surface area contributed by atoms with Gasteiger partial charge in [0.05, 0.1) is 26.5 Å². The molecule has 0 saturated carbocycles. The predicted octanol–water partition coefficient (Wildman–Crippen LogP) is 3.33. The Balaban J connectivity index is 1.65. The number of rotatable bonds is 6. The molecule has 0 fully saturated rings. The van der Waals surface area contributed by atoms with E-state index >= 15 is 0 Å². The third-order valence-electron chi connectivity index (χ3n) is 4.91. The number of nitrogens with one attached hydrogen (secondary N) is 1. The van der Waals surface area contributed by atoms with Crippen molar-refractivity contribution in [2.75, 3.05) is 32.2 Å². The van der Waals surface area contributed by atoms with E-state index in [4.69, 9.17) is 9.47 Å². The van der Waals surface area contributed by atoms with Gasteiger partial charge in [-0.3, -0.25) is 4.79 Å². The number of anilines is 1. The molecular weight excluding hydrogens is 328 g/mol. The number of amides is 1. The number of benzene rings is 2. The summed E-state index contributed by atoms with van der Waals surface area (Å²) in [4.78, 5) is 14.6. The van der Waals surface area contributed by atoms with Gasteiger partial charge in [-0.25, -0.2) is 0 Å². The Hall–Kier alpha value is -2.69. The molecule has 1 aliphatic rings. The van der Waals surface area contributed by atoms with Crippen molar-refractivity contribution in [2.24, 2.45) is 0 Å². The maximum atomic E-state index is 12.5. The monoisotopic (exact) mass is 354 g/mol. The van der Waals surface area contributed by atoms with Crippen molar-refractivity contribution < 1.29 is 14.3 Å². The summed E-state index contributed by atoms with van der Waals surface area (Å²) in [6, 6.07) is 13.8. The lowest BCUT2D eigenvalue weighted by Gasteiger charge is -2.35. The smallest absolute Gasteiger partial charge is 0.239 e. The van der Waals surface area contributed by atoms with Crippen molar-refractivity contribution in [3.05, 3.63) is 53.6 Å². The number of hydrogen-bond donors (Lipinski definition) is 1. The molecule has 5 nitrogen and oxygen atoms in total. The summed E-state index contributed by atoms with van der Waals surface area (Å²) in [5.41, 5.74) is 3.34. The Morgan fingerprint density at radius 1 is 1.15 bits per heavy atom. The number of hydrogen-bond acceptors (Lipinski definition) is 4. The van der Waals surface area contributed by atoms with E-state index in [1.54, 1.807) is 14.2 Å². The van der Waals surface area contributed by atoms with Crippen LogP contribution in [0, 0.1) is 0 Å². The number of ether oxygens (including phenoxy) is 2. The number of nitrogens with zero attached hydrogens (tertiary/aromatic N) is 1. The standard InChI is InChI=1S/C21H26N2O3/c1-15-11-12-23(21-18(15)5-4-6-19(21)26-3)14-20(24)22-13-16-7-9-17(25-2)10-8-16/h4-10,15H,11-14H2,1-3H3,(H,22,24)/t15-/m1/s1. The van der Waals surface area contributed by atoms with E-state index in [-0.39, 0.29) is 5.91 Å². The highest BCUT2D eigenvalue weighted by molar-refractivity contribution is 5.83. The molecule has 138 valence electrons. The van der Waals surface area contributed by atoms with Gasteiger partial charge in [0.2, 0.25) is 5.91 Å². The summed E-state index contributed by atoms with van der Waals surface area (Å²) in [7, 11) is 3.32. The predicted molar refractivity (Wildman–Crippen MR) is 103 cm³/mol. The zero-order valence-electron chi connectivity index (χ0n) is 15.6. The SMILES string of the molecule is COc1ccc(CNC(=O)CN2CC[C@@H](C)c3cccc(OC)c32)cc1. The molecule has 0 bridgehead atoms. The van der Waals surface area contributed by atoms with E-state index in [1.807, 2.05) is 36.4 Å². The van der Waals surface area contributed by atoms with Crippen LogP contribution in [0.3, 0.4) is 0 Å². The van der Waals surface area contributed by atoms with Crippen LogP contribution in [0.4, 0.5) is 5.69 Å². The van der Waals surface area contributed by atoms with E-state index in [1.165, 1.54) is 5.56 Å². The first kappa shape index (κ1) is 18.1. The van der Waals surface area contributed by atoms with Gasteiger partial charge in [0, 0.05) is 13.1 Å². The Morgan fingerprint density at radius 2 is 1.92 bits per heavy atom. The molecule has 2 aromatic rings. The number of carbonyl (C=O) groups is 1. The van der Waals surface area contributed by atoms with Crippen molar-refractivity contribution in [3.8, 4) is 11.5 Å². The van der Waals surface area contributed by atoms with Crippen LogP contribution < -0.4 is 19.7 Å². The molecular formula is C21H26N2O3. The molecule has 0 aromatic heterocycles. The lowest BCUT2D eigenvalue weighted by Crippen LogP contribution is -2.40. The van der Waals surface area contributed by atoms with Crippen LogP contribution in [-0.2, 0) is 11.3 Å². The molecule has 5 heteroatoms. The average molecular weight is 354 g/mol. The summed E-state index contributed by atoms with van der Waals surface area (Å²) >= 11 is 0. The first-order valence-corrected chi connectivity index (χ1v) is 8.94. The van der Waals surface area contributed by atoms with Crippen LogP contribution in [0.1, 0.15) is 30.4 Å². The van der Waals surface area contributed by atoms with Crippen LogP contribution in [0.15, 0.2) is 42.5 Å². The fourth-order valence-corrected chi connectivity index (χ4v) is 3.39. The molecule has 0 unspecified atom stereocenters. The number of carbonyl (C=O) groups excluding carboxylic acids is 1. The summed E-state index contributed by atoms with van der Waals surface area (Å²) < 4.78 is 10.7. The maximum Gasteiger partial charge on any atom is 0.239 e. The normalized spacial score (nSPS) is 16.0. The van der Waals surface area contributed by atoms with Crippen LogP contribution in [0.5, 0.6) is 11.5 Å². The first-order valence-electron chi connectivity index (χ1n) is 8.94. The van der Waals surface area contributed by atoms with E-state index in [9.17, 15) is 4.79 Å². The number of methoxy groups -OCH3 is 2. The van der Waals surface area contributed by atoms with Crippen molar-refractivity contribution in [2.45, 2.75) is 25.8 Å². The molecule has 0 radical (unpaired) electrons. The minimum atomic E-state index is 0.00669. The Morgan fingerprint density at radius 3 is 2.62 bits per heavy atom. The largest absolute Gasteiger partial charge is 0.497 e. The molecule has 1 heterocycles. The topological polar surface area (TPSA) is 50.8 Å². The number of para-hydroxylation sites is 1. The average Bonchev–Trinajstić information content (AvgIpc) is 2.68. The Bertz CT molecular complexity index is 758. The van der Waals surface area contributed by atoms with Gasteiger partial charge in [-0.05, 0) is 41.7 Å². The van der Waals surface area contributed by atoms with Gasteiger partial charge in [0.1, 0.15) is 11.5 Å².